The van der Waals surface area contributed by atoms with Crippen LogP contribution in [0.4, 0.5) is 15.9 Å². The standard InChI is InChI=1S/C23H30FN4O7PS/c1-5-32-36(4,31)33-11-16-19(35-36)23(3,24)21(34-16)28-9-8-18(27-22(28)30)26-20(29)14-6-7-17-15(10-14)25-13(2)12-37-17/h6-10,13,16,19,21,25,31H,5,11-12H2,1-4H3,(H,26,27,29,30). The second kappa shape index (κ2) is 9.26. The van der Waals surface area contributed by atoms with Gasteiger partial charge >= 0.3 is 165 Å². The minimum absolute atomic E-state index is 0.0143. The number of amides is 1. The Labute approximate surface area is 217 Å². The van der Waals surface area contributed by atoms with Gasteiger partial charge in [-0.2, -0.15) is 0 Å². The van der Waals surface area contributed by atoms with Crippen molar-refractivity contribution in [1.29, 1.82) is 0 Å². The third kappa shape index (κ3) is 5.01. The van der Waals surface area contributed by atoms with Crippen LogP contribution < -0.4 is 16.3 Å². The summed E-state index contributed by atoms with van der Waals surface area (Å²) in [6.07, 6.45) is -2.23. The zero-order valence-corrected chi connectivity index (χ0v) is 22.6. The van der Waals surface area contributed by atoms with E-state index in [1.807, 2.05) is 6.07 Å². The summed E-state index contributed by atoms with van der Waals surface area (Å²) in [5, 5.41) is 5.96. The Hall–Kier alpha value is -2.12. The predicted octanol–water partition coefficient (Wildman–Crippen LogP) is 3.31. The maximum absolute atomic E-state index is 16.0. The number of anilines is 2. The van der Waals surface area contributed by atoms with Crippen LogP contribution in [0.3, 0.4) is 0 Å². The van der Waals surface area contributed by atoms with Crippen LogP contribution in [0.1, 0.15) is 37.4 Å². The van der Waals surface area contributed by atoms with Crippen molar-refractivity contribution in [2.24, 2.45) is 0 Å². The minimum atomic E-state index is -4.49. The molecule has 3 aliphatic rings. The Bertz CT molecular complexity index is 1290. The third-order valence-corrected chi connectivity index (χ3v) is 10.1. The molecule has 0 radical (unpaired) electrons. The summed E-state index contributed by atoms with van der Waals surface area (Å²) in [5.41, 5.74) is -1.77. The van der Waals surface area contributed by atoms with E-state index in [0.717, 1.165) is 20.9 Å². The molecule has 37 heavy (non-hydrogen) atoms. The van der Waals surface area contributed by atoms with Crippen molar-refractivity contribution in [3.8, 4) is 0 Å². The molecule has 4 heterocycles. The fourth-order valence-electron chi connectivity index (χ4n) is 4.68. The van der Waals surface area contributed by atoms with Crippen LogP contribution in [0.15, 0.2) is 40.2 Å². The van der Waals surface area contributed by atoms with Gasteiger partial charge in [0, 0.05) is 22.4 Å². The van der Waals surface area contributed by atoms with Gasteiger partial charge in [0.1, 0.15) is 0 Å². The molecule has 1 amide bonds. The van der Waals surface area contributed by atoms with E-state index in [1.54, 1.807) is 30.8 Å². The summed E-state index contributed by atoms with van der Waals surface area (Å²) in [7, 11) is -4.49. The fraction of sp³-hybridized carbons (Fsp3) is 0.522. The Morgan fingerprint density at radius 1 is 1.46 bits per heavy atom. The van der Waals surface area contributed by atoms with Gasteiger partial charge in [-0.05, 0) is 13.0 Å². The van der Waals surface area contributed by atoms with Crippen LogP contribution in [0, 0.1) is 0 Å². The molecule has 0 aliphatic carbocycles. The summed E-state index contributed by atoms with van der Waals surface area (Å²) in [6.45, 7) is 6.15. The number of hydrogen-bond acceptors (Lipinski definition) is 10. The second-order valence-corrected chi connectivity index (χ2v) is 13.9. The summed E-state index contributed by atoms with van der Waals surface area (Å²) >= 11 is 1.72. The summed E-state index contributed by atoms with van der Waals surface area (Å²) in [4.78, 5) is 41.5. The van der Waals surface area contributed by atoms with Crippen LogP contribution in [0.25, 0.3) is 0 Å². The molecule has 202 valence electrons. The van der Waals surface area contributed by atoms with Crippen molar-refractivity contribution in [1.82, 2.24) is 9.55 Å². The molecule has 3 N–H and O–H groups in total. The average Bonchev–Trinajstić information content (AvgIpc) is 3.07. The molecule has 5 atom stereocenters. The topological polar surface area (TPSA) is 133 Å². The Balaban J connectivity index is 1.33. The fourth-order valence-corrected chi connectivity index (χ4v) is 7.75. The molecule has 0 saturated carbocycles. The Morgan fingerprint density at radius 2 is 2.24 bits per heavy atom. The number of nitrogens with zero attached hydrogens (tertiary/aromatic N) is 2. The van der Waals surface area contributed by atoms with Crippen molar-refractivity contribution in [2.75, 3.05) is 36.3 Å². The van der Waals surface area contributed by atoms with Crippen LogP contribution >= 0.6 is 19.3 Å². The molecule has 11 nitrogen and oxygen atoms in total. The van der Waals surface area contributed by atoms with Crippen molar-refractivity contribution in [3.63, 3.8) is 0 Å². The number of hydrogen-bond donors (Lipinski definition) is 3. The predicted molar refractivity (Wildman–Crippen MR) is 138 cm³/mol. The molecule has 2 saturated heterocycles. The number of benzene rings is 1. The molecule has 14 heteroatoms. The molecular formula is C23H30FN4O7PS. The third-order valence-electron chi connectivity index (χ3n) is 6.44. The SMILES string of the molecule is CCOP1(C)(O)OCC2OC(n3ccc(NC(=O)c4ccc5c(c4)NC(C)CS5)nc3=O)C(C)(F)C2O1. The van der Waals surface area contributed by atoms with Crippen molar-refractivity contribution >= 4 is 36.7 Å². The van der Waals surface area contributed by atoms with E-state index in [2.05, 4.69) is 22.5 Å². The van der Waals surface area contributed by atoms with E-state index in [0.29, 0.717) is 5.56 Å². The van der Waals surface area contributed by atoms with Crippen LogP contribution in [-0.2, 0) is 18.3 Å². The number of fused-ring (bicyclic) bond motifs is 2. The first-order valence-electron chi connectivity index (χ1n) is 11.9. The maximum atomic E-state index is 16.0. The number of carbonyl (C=O) groups is 1. The number of nitrogens with one attached hydrogen (secondary N) is 2. The van der Waals surface area contributed by atoms with E-state index >= 15 is 4.39 Å². The van der Waals surface area contributed by atoms with Gasteiger partial charge in [0.2, 0.25) is 0 Å². The van der Waals surface area contributed by atoms with Crippen molar-refractivity contribution < 1.29 is 32.4 Å². The number of carbonyl (C=O) groups excluding carboxylic acids is 1. The normalized spacial score (nSPS) is 32.8. The molecule has 3 aliphatic heterocycles. The van der Waals surface area contributed by atoms with Gasteiger partial charge in [0.15, 0.2) is 0 Å². The summed E-state index contributed by atoms with van der Waals surface area (Å²) in [6, 6.07) is 7.01. The van der Waals surface area contributed by atoms with E-state index in [-0.39, 0.29) is 25.1 Å². The van der Waals surface area contributed by atoms with Gasteiger partial charge in [-0.25, -0.2) is 0 Å². The van der Waals surface area contributed by atoms with Gasteiger partial charge in [-0.3, -0.25) is 0 Å². The van der Waals surface area contributed by atoms with Gasteiger partial charge in [-0.1, -0.05) is 0 Å². The number of ether oxygens (including phenoxy) is 1. The van der Waals surface area contributed by atoms with Crippen LogP contribution in [0.2, 0.25) is 0 Å². The second-order valence-electron chi connectivity index (χ2n) is 9.66. The number of thioether (sulfide) groups is 1. The average molecular weight is 557 g/mol. The molecule has 2 aromatic rings. The Kier molecular flexibility index (Phi) is 6.63. The first-order valence-corrected chi connectivity index (χ1v) is 15.3. The van der Waals surface area contributed by atoms with Gasteiger partial charge in [-0.15, -0.1) is 11.8 Å². The zero-order chi connectivity index (χ0) is 26.6. The number of halogens is 1. The van der Waals surface area contributed by atoms with E-state index < -0.39 is 43.2 Å². The molecule has 0 bridgehead atoms. The number of aromatic nitrogens is 2. The van der Waals surface area contributed by atoms with E-state index in [9.17, 15) is 14.5 Å². The monoisotopic (exact) mass is 556 g/mol. The molecule has 2 fully saturated rings. The van der Waals surface area contributed by atoms with Crippen LogP contribution in [-0.4, -0.2) is 69.9 Å². The van der Waals surface area contributed by atoms with Gasteiger partial charge in [0.05, 0.1) is 0 Å². The quantitative estimate of drug-likeness (QED) is 0.471. The summed E-state index contributed by atoms with van der Waals surface area (Å²) in [5.74, 6) is 0.519. The molecular weight excluding hydrogens is 526 g/mol. The molecule has 1 aromatic carbocycles. The summed E-state index contributed by atoms with van der Waals surface area (Å²) < 4.78 is 39.2. The number of alkyl halides is 1. The van der Waals surface area contributed by atoms with Crippen molar-refractivity contribution in [2.45, 2.75) is 55.8 Å². The van der Waals surface area contributed by atoms with E-state index in [1.165, 1.54) is 25.9 Å². The van der Waals surface area contributed by atoms with Crippen molar-refractivity contribution in [3.05, 3.63) is 46.5 Å². The Morgan fingerprint density at radius 3 is 2.97 bits per heavy atom. The van der Waals surface area contributed by atoms with Gasteiger partial charge in [0.25, 0.3) is 0 Å². The van der Waals surface area contributed by atoms with Gasteiger partial charge < -0.3 is 5.32 Å². The number of rotatable bonds is 5. The first-order chi connectivity index (χ1) is 17.4. The van der Waals surface area contributed by atoms with E-state index in [4.69, 9.17) is 18.3 Å². The molecule has 5 rings (SSSR count). The molecule has 1 aromatic heterocycles. The molecule has 0 spiro atoms. The van der Waals surface area contributed by atoms with Crippen LogP contribution in [0.5, 0.6) is 0 Å². The zero-order valence-electron chi connectivity index (χ0n) is 20.8. The molecule has 5 unspecified atom stereocenters. The first kappa shape index (κ1) is 26.5.